The summed E-state index contributed by atoms with van der Waals surface area (Å²) in [5.41, 5.74) is 0.602. The number of furan rings is 1. The van der Waals surface area contributed by atoms with E-state index in [1.54, 1.807) is 12.3 Å². The minimum atomic E-state index is -0.653. The maximum Gasteiger partial charge on any atom is 0.240 e. The number of anilines is 1. The van der Waals surface area contributed by atoms with Crippen molar-refractivity contribution in [1.82, 2.24) is 9.88 Å². The summed E-state index contributed by atoms with van der Waals surface area (Å²) in [6.45, 7) is 3.32. The van der Waals surface area contributed by atoms with Gasteiger partial charge in [-0.1, -0.05) is 23.5 Å². The first-order valence-electron chi connectivity index (χ1n) is 9.68. The van der Waals surface area contributed by atoms with Gasteiger partial charge in [0.05, 0.1) is 23.8 Å². The fourth-order valence-corrected chi connectivity index (χ4v) is 4.68. The Balaban J connectivity index is 1.51. The van der Waals surface area contributed by atoms with E-state index >= 15 is 0 Å². The van der Waals surface area contributed by atoms with E-state index in [2.05, 4.69) is 27.4 Å². The van der Waals surface area contributed by atoms with Crippen molar-refractivity contribution in [1.29, 1.82) is 0 Å². The van der Waals surface area contributed by atoms with Crippen LogP contribution >= 0.6 is 11.3 Å². The summed E-state index contributed by atoms with van der Waals surface area (Å²) in [6.07, 6.45) is 7.73. The second kappa shape index (κ2) is 9.00. The average Bonchev–Trinajstić information content (AvgIpc) is 3.38. The molecular weight excluding hydrogens is 378 g/mol. The summed E-state index contributed by atoms with van der Waals surface area (Å²) in [6, 6.07) is 3.61. The van der Waals surface area contributed by atoms with Crippen LogP contribution in [0.1, 0.15) is 30.2 Å². The van der Waals surface area contributed by atoms with Crippen LogP contribution in [0.5, 0.6) is 0 Å². The number of rotatable bonds is 6. The van der Waals surface area contributed by atoms with Gasteiger partial charge in [-0.05, 0) is 37.3 Å². The van der Waals surface area contributed by atoms with E-state index in [-0.39, 0.29) is 11.8 Å². The van der Waals surface area contributed by atoms with Crippen molar-refractivity contribution in [3.63, 3.8) is 0 Å². The minimum Gasteiger partial charge on any atom is -0.463 e. The Bertz CT molecular complexity index is 812. The molecule has 2 N–H and O–H groups in total. The predicted octanol–water partition coefficient (Wildman–Crippen LogP) is 3.06. The lowest BCUT2D eigenvalue weighted by Crippen LogP contribution is -2.35. The lowest BCUT2D eigenvalue weighted by atomic mass is 9.92. The number of carbonyl (C=O) groups excluding carboxylic acids is 1. The molecule has 4 heterocycles. The third-order valence-corrected chi connectivity index (χ3v) is 6.19. The van der Waals surface area contributed by atoms with E-state index in [0.717, 1.165) is 37.2 Å². The third kappa shape index (κ3) is 4.52. The van der Waals surface area contributed by atoms with Crippen molar-refractivity contribution in [3.05, 3.63) is 35.4 Å². The lowest BCUT2D eigenvalue weighted by Gasteiger charge is -2.26. The molecule has 2 aromatic rings. The van der Waals surface area contributed by atoms with E-state index in [1.807, 2.05) is 6.07 Å². The molecule has 4 rings (SSSR count). The number of nitrogens with zero attached hydrogens (tertiary/aromatic N) is 2. The molecule has 0 bridgehead atoms. The number of hydrogen-bond donors (Lipinski definition) is 2. The topological polar surface area (TPSA) is 87.8 Å². The molecule has 28 heavy (non-hydrogen) atoms. The van der Waals surface area contributed by atoms with Crippen LogP contribution in [-0.2, 0) is 9.53 Å². The molecule has 1 amide bonds. The number of nitrogens with one attached hydrogen (secondary N) is 1. The molecule has 1 atom stereocenters. The number of aliphatic hydroxyl groups excluding tert-OH is 1. The smallest absolute Gasteiger partial charge is 0.240 e. The molecule has 2 aliphatic rings. The molecule has 0 radical (unpaired) electrons. The SMILES string of the molecule is O=C(CN1CC=CCC1)Nc1nc(-c2ccco2)c(C(O)C2CCOCC2)s1. The van der Waals surface area contributed by atoms with Crippen LogP contribution in [0.25, 0.3) is 11.5 Å². The van der Waals surface area contributed by atoms with Gasteiger partial charge in [-0.2, -0.15) is 0 Å². The first-order valence-corrected chi connectivity index (χ1v) is 10.5. The Morgan fingerprint density at radius 2 is 2.25 bits per heavy atom. The highest BCUT2D eigenvalue weighted by molar-refractivity contribution is 7.16. The van der Waals surface area contributed by atoms with Gasteiger partial charge in [-0.25, -0.2) is 4.98 Å². The van der Waals surface area contributed by atoms with Crippen molar-refractivity contribution in [2.45, 2.75) is 25.4 Å². The highest BCUT2D eigenvalue weighted by Crippen LogP contribution is 2.40. The number of aromatic nitrogens is 1. The summed E-state index contributed by atoms with van der Waals surface area (Å²) in [5, 5.41) is 14.4. The van der Waals surface area contributed by atoms with Gasteiger partial charge in [0.2, 0.25) is 5.91 Å². The molecule has 0 aromatic carbocycles. The van der Waals surface area contributed by atoms with Gasteiger partial charge in [0, 0.05) is 26.3 Å². The predicted molar refractivity (Wildman–Crippen MR) is 107 cm³/mol. The van der Waals surface area contributed by atoms with E-state index in [0.29, 0.717) is 36.3 Å². The highest BCUT2D eigenvalue weighted by atomic mass is 32.1. The highest BCUT2D eigenvalue weighted by Gasteiger charge is 2.30. The summed E-state index contributed by atoms with van der Waals surface area (Å²) in [7, 11) is 0. The van der Waals surface area contributed by atoms with Crippen molar-refractivity contribution >= 4 is 22.4 Å². The molecule has 1 fully saturated rings. The number of hydrogen-bond acceptors (Lipinski definition) is 7. The molecule has 2 aromatic heterocycles. The number of aliphatic hydroxyl groups is 1. The largest absolute Gasteiger partial charge is 0.463 e. The average molecular weight is 404 g/mol. The summed E-state index contributed by atoms with van der Waals surface area (Å²) in [5.74, 6) is 0.618. The van der Waals surface area contributed by atoms with E-state index in [9.17, 15) is 9.90 Å². The van der Waals surface area contributed by atoms with Crippen LogP contribution in [-0.4, -0.2) is 53.7 Å². The van der Waals surface area contributed by atoms with Crippen LogP contribution in [0.4, 0.5) is 5.13 Å². The molecule has 1 unspecified atom stereocenters. The molecule has 150 valence electrons. The minimum absolute atomic E-state index is 0.0952. The normalized spacial score (nSPS) is 19.6. The lowest BCUT2D eigenvalue weighted by molar-refractivity contribution is -0.117. The standard InChI is InChI=1S/C20H25N3O4S/c24-16(13-23-8-2-1-3-9-23)21-20-22-17(15-5-4-10-27-15)19(28-20)18(25)14-6-11-26-12-7-14/h1-2,4-5,10,14,18,25H,3,6-9,11-13H2,(H,21,22,24). The van der Waals surface area contributed by atoms with Crippen LogP contribution in [0.15, 0.2) is 35.0 Å². The Morgan fingerprint density at radius 3 is 2.96 bits per heavy atom. The van der Waals surface area contributed by atoms with E-state index in [1.165, 1.54) is 11.3 Å². The van der Waals surface area contributed by atoms with Gasteiger partial charge in [-0.15, -0.1) is 0 Å². The number of thiazole rings is 1. The number of carbonyl (C=O) groups is 1. The third-order valence-electron chi connectivity index (χ3n) is 5.14. The fourth-order valence-electron chi connectivity index (χ4n) is 3.62. The summed E-state index contributed by atoms with van der Waals surface area (Å²) >= 11 is 1.32. The van der Waals surface area contributed by atoms with Crippen molar-refractivity contribution < 1.29 is 19.1 Å². The molecule has 7 nitrogen and oxygen atoms in total. The molecule has 0 saturated carbocycles. The maximum atomic E-state index is 12.4. The molecule has 0 aliphatic carbocycles. The van der Waals surface area contributed by atoms with Gasteiger partial charge >= 0.3 is 0 Å². The molecule has 1 saturated heterocycles. The van der Waals surface area contributed by atoms with Crippen LogP contribution in [0.3, 0.4) is 0 Å². The molecular formula is C20H25N3O4S. The van der Waals surface area contributed by atoms with Gasteiger partial charge in [0.25, 0.3) is 0 Å². The Morgan fingerprint density at radius 1 is 1.39 bits per heavy atom. The zero-order valence-electron chi connectivity index (χ0n) is 15.7. The molecule has 0 spiro atoms. The van der Waals surface area contributed by atoms with Gasteiger partial charge in [0.1, 0.15) is 5.69 Å². The van der Waals surface area contributed by atoms with Crippen LogP contribution in [0, 0.1) is 5.92 Å². The fraction of sp³-hybridized carbons (Fsp3) is 0.500. The van der Waals surface area contributed by atoms with Gasteiger partial charge in [0.15, 0.2) is 10.9 Å². The van der Waals surface area contributed by atoms with E-state index in [4.69, 9.17) is 9.15 Å². The second-order valence-corrected chi connectivity index (χ2v) is 8.18. The second-order valence-electron chi connectivity index (χ2n) is 7.15. The maximum absolute atomic E-state index is 12.4. The molecule has 2 aliphatic heterocycles. The van der Waals surface area contributed by atoms with Gasteiger partial charge in [-0.3, -0.25) is 9.69 Å². The van der Waals surface area contributed by atoms with Crippen molar-refractivity contribution in [2.75, 3.05) is 38.2 Å². The summed E-state index contributed by atoms with van der Waals surface area (Å²) < 4.78 is 10.9. The van der Waals surface area contributed by atoms with Crippen LogP contribution in [0.2, 0.25) is 0 Å². The van der Waals surface area contributed by atoms with Crippen molar-refractivity contribution in [2.24, 2.45) is 5.92 Å². The van der Waals surface area contributed by atoms with Crippen molar-refractivity contribution in [3.8, 4) is 11.5 Å². The van der Waals surface area contributed by atoms with E-state index < -0.39 is 6.10 Å². The van der Waals surface area contributed by atoms with Gasteiger partial charge < -0.3 is 19.6 Å². The zero-order chi connectivity index (χ0) is 19.3. The first-order chi connectivity index (χ1) is 13.7. The zero-order valence-corrected chi connectivity index (χ0v) is 16.5. The Hall–Kier alpha value is -2.00. The monoisotopic (exact) mass is 403 g/mol. The number of ether oxygens (including phenoxy) is 1. The Kier molecular flexibility index (Phi) is 6.21. The Labute approximate surface area is 168 Å². The number of amides is 1. The first kappa shape index (κ1) is 19.3. The van der Waals surface area contributed by atoms with Crippen LogP contribution < -0.4 is 5.32 Å². The molecule has 8 heteroatoms. The summed E-state index contributed by atoms with van der Waals surface area (Å²) in [4.78, 5) is 19.8. The quantitative estimate of drug-likeness (QED) is 0.721.